The topological polar surface area (TPSA) is 87.5 Å². The summed E-state index contributed by atoms with van der Waals surface area (Å²) in [7, 11) is 0. The fourth-order valence-electron chi connectivity index (χ4n) is 2.85. The Morgan fingerprint density at radius 1 is 1.07 bits per heavy atom. The molecule has 1 aliphatic rings. The highest BCUT2D eigenvalue weighted by atomic mass is 79.9. The second-order valence-corrected chi connectivity index (χ2v) is 7.66. The minimum Gasteiger partial charge on any atom is -0.494 e. The van der Waals surface area contributed by atoms with E-state index in [1.165, 1.54) is 6.08 Å². The quantitative estimate of drug-likeness (QED) is 0.571. The van der Waals surface area contributed by atoms with Crippen LogP contribution >= 0.6 is 31.9 Å². The van der Waals surface area contributed by atoms with Crippen molar-refractivity contribution in [1.29, 1.82) is 0 Å². The van der Waals surface area contributed by atoms with Crippen molar-refractivity contribution in [2.45, 2.75) is 0 Å². The maximum absolute atomic E-state index is 12.3. The van der Waals surface area contributed by atoms with Crippen LogP contribution in [0, 0.1) is 0 Å². The third-order valence-corrected chi connectivity index (χ3v) is 5.09. The lowest BCUT2D eigenvalue weighted by Gasteiger charge is -2.10. The Bertz CT molecular complexity index is 1260. The summed E-state index contributed by atoms with van der Waals surface area (Å²) in [5.74, 6) is -0.439. The SMILES string of the molecule is O=c1[nH]c(=O)n(-c2cccc(Br)c2)c(O)c1C=C1C=Nc2ccc(Br)cc21. The van der Waals surface area contributed by atoms with Gasteiger partial charge in [0.1, 0.15) is 5.56 Å². The molecule has 2 heterocycles. The summed E-state index contributed by atoms with van der Waals surface area (Å²) in [5, 5.41) is 10.7. The van der Waals surface area contributed by atoms with Gasteiger partial charge in [-0.2, -0.15) is 0 Å². The summed E-state index contributed by atoms with van der Waals surface area (Å²) in [4.78, 5) is 31.2. The molecule has 0 amide bonds. The van der Waals surface area contributed by atoms with E-state index in [4.69, 9.17) is 0 Å². The molecule has 4 rings (SSSR count). The van der Waals surface area contributed by atoms with E-state index in [1.807, 2.05) is 18.2 Å². The second-order valence-electron chi connectivity index (χ2n) is 5.83. The number of aromatic nitrogens is 2. The van der Waals surface area contributed by atoms with Crippen LogP contribution in [0.2, 0.25) is 0 Å². The number of nitrogens with one attached hydrogen (secondary N) is 1. The summed E-state index contributed by atoms with van der Waals surface area (Å²) in [6.07, 6.45) is 3.13. The fraction of sp³-hybridized carbons (Fsp3) is 0. The van der Waals surface area contributed by atoms with Gasteiger partial charge in [-0.05, 0) is 42.5 Å². The van der Waals surface area contributed by atoms with Gasteiger partial charge in [0.25, 0.3) is 5.56 Å². The Hall–Kier alpha value is -2.71. The van der Waals surface area contributed by atoms with Crippen LogP contribution in [0.1, 0.15) is 11.1 Å². The van der Waals surface area contributed by atoms with Gasteiger partial charge in [0.05, 0.1) is 11.4 Å². The molecule has 0 atom stereocenters. The van der Waals surface area contributed by atoms with E-state index in [0.717, 1.165) is 24.8 Å². The Balaban J connectivity index is 1.93. The van der Waals surface area contributed by atoms with Crippen LogP contribution in [0.25, 0.3) is 17.3 Å². The number of rotatable bonds is 2. The molecule has 27 heavy (non-hydrogen) atoms. The highest BCUT2D eigenvalue weighted by Crippen LogP contribution is 2.35. The van der Waals surface area contributed by atoms with E-state index in [-0.39, 0.29) is 5.56 Å². The number of aromatic hydroxyl groups is 1. The van der Waals surface area contributed by atoms with Crippen LogP contribution in [-0.2, 0) is 0 Å². The van der Waals surface area contributed by atoms with E-state index >= 15 is 0 Å². The number of benzene rings is 2. The molecule has 1 aromatic heterocycles. The van der Waals surface area contributed by atoms with Crippen molar-refractivity contribution in [3.63, 3.8) is 0 Å². The lowest BCUT2D eigenvalue weighted by molar-refractivity contribution is 0.429. The molecule has 2 N–H and O–H groups in total. The minimum atomic E-state index is -0.721. The summed E-state index contributed by atoms with van der Waals surface area (Å²) in [6.45, 7) is 0. The number of halogens is 2. The average molecular weight is 489 g/mol. The second kappa shape index (κ2) is 6.79. The first-order valence-corrected chi connectivity index (χ1v) is 9.42. The molecule has 8 heteroatoms. The zero-order valence-electron chi connectivity index (χ0n) is 13.6. The number of aromatic amines is 1. The van der Waals surface area contributed by atoms with Gasteiger partial charge in [0, 0.05) is 26.3 Å². The number of fused-ring (bicyclic) bond motifs is 1. The number of hydrogen-bond donors (Lipinski definition) is 2. The summed E-state index contributed by atoms with van der Waals surface area (Å²) < 4.78 is 2.65. The molecule has 0 saturated carbocycles. The minimum absolute atomic E-state index is 0.0242. The summed E-state index contributed by atoms with van der Waals surface area (Å²) in [6, 6.07) is 12.4. The first-order valence-electron chi connectivity index (χ1n) is 7.84. The van der Waals surface area contributed by atoms with Crippen molar-refractivity contribution >= 4 is 55.4 Å². The molecule has 3 aromatic rings. The van der Waals surface area contributed by atoms with Gasteiger partial charge >= 0.3 is 5.69 Å². The molecule has 0 unspecified atom stereocenters. The molecule has 2 aromatic carbocycles. The van der Waals surface area contributed by atoms with Crippen LogP contribution in [0.15, 0.2) is 66.0 Å². The Morgan fingerprint density at radius 3 is 2.63 bits per heavy atom. The number of nitrogens with zero attached hydrogens (tertiary/aromatic N) is 2. The fourth-order valence-corrected chi connectivity index (χ4v) is 3.60. The van der Waals surface area contributed by atoms with Crippen LogP contribution < -0.4 is 11.2 Å². The first kappa shape index (κ1) is 17.7. The molecule has 0 saturated heterocycles. The molecule has 0 fully saturated rings. The molecule has 0 spiro atoms. The molecule has 0 radical (unpaired) electrons. The van der Waals surface area contributed by atoms with Crippen molar-refractivity contribution in [2.24, 2.45) is 4.99 Å². The Morgan fingerprint density at radius 2 is 1.85 bits per heavy atom. The maximum Gasteiger partial charge on any atom is 0.335 e. The van der Waals surface area contributed by atoms with Crippen LogP contribution in [0.5, 0.6) is 5.88 Å². The van der Waals surface area contributed by atoms with Gasteiger partial charge in [0.2, 0.25) is 5.88 Å². The van der Waals surface area contributed by atoms with E-state index < -0.39 is 17.1 Å². The van der Waals surface area contributed by atoms with Crippen molar-refractivity contribution in [1.82, 2.24) is 9.55 Å². The highest BCUT2D eigenvalue weighted by molar-refractivity contribution is 9.10. The van der Waals surface area contributed by atoms with Crippen molar-refractivity contribution < 1.29 is 5.11 Å². The van der Waals surface area contributed by atoms with E-state index in [9.17, 15) is 14.7 Å². The van der Waals surface area contributed by atoms with Gasteiger partial charge in [-0.15, -0.1) is 0 Å². The molecule has 134 valence electrons. The molecule has 0 aliphatic carbocycles. The van der Waals surface area contributed by atoms with Gasteiger partial charge in [-0.1, -0.05) is 37.9 Å². The van der Waals surface area contributed by atoms with E-state index in [0.29, 0.717) is 11.3 Å². The Kier molecular flexibility index (Phi) is 4.45. The molecule has 1 aliphatic heterocycles. The third kappa shape index (κ3) is 3.22. The predicted octanol–water partition coefficient (Wildman–Crippen LogP) is 4.01. The van der Waals surface area contributed by atoms with Gasteiger partial charge in [0.15, 0.2) is 0 Å². The third-order valence-electron chi connectivity index (χ3n) is 4.10. The summed E-state index contributed by atoms with van der Waals surface area (Å²) in [5.41, 5.74) is 1.25. The standard InChI is InChI=1S/C19H11Br2N3O3/c20-11-2-1-3-13(7-11)24-18(26)15(17(25)23-19(24)27)6-10-9-22-16-5-4-12(21)8-14(10)16/h1-9,26H,(H,23,25,27). The average Bonchev–Trinajstić information content (AvgIpc) is 3.00. The normalized spacial score (nSPS) is 13.9. The van der Waals surface area contributed by atoms with E-state index in [1.54, 1.807) is 30.5 Å². The van der Waals surface area contributed by atoms with Crippen LogP contribution in [-0.4, -0.2) is 20.9 Å². The van der Waals surface area contributed by atoms with Crippen molar-refractivity contribution in [3.05, 3.63) is 83.4 Å². The molecular weight excluding hydrogens is 478 g/mol. The van der Waals surface area contributed by atoms with Gasteiger partial charge in [-0.25, -0.2) is 9.36 Å². The molecule has 0 bridgehead atoms. The number of hydrogen-bond acceptors (Lipinski definition) is 4. The van der Waals surface area contributed by atoms with E-state index in [2.05, 4.69) is 41.8 Å². The van der Waals surface area contributed by atoms with Crippen molar-refractivity contribution in [2.75, 3.05) is 0 Å². The highest BCUT2D eigenvalue weighted by Gasteiger charge is 2.18. The largest absolute Gasteiger partial charge is 0.494 e. The number of allylic oxidation sites excluding steroid dienone is 1. The first-order chi connectivity index (χ1) is 12.9. The lowest BCUT2D eigenvalue weighted by atomic mass is 10.1. The molecule has 6 nitrogen and oxygen atoms in total. The number of H-pyrrole nitrogens is 1. The predicted molar refractivity (Wildman–Crippen MR) is 112 cm³/mol. The van der Waals surface area contributed by atoms with Crippen molar-refractivity contribution in [3.8, 4) is 11.6 Å². The summed E-state index contributed by atoms with van der Waals surface area (Å²) >= 11 is 6.75. The van der Waals surface area contributed by atoms with Gasteiger partial charge in [-0.3, -0.25) is 14.8 Å². The maximum atomic E-state index is 12.3. The Labute approximate surface area is 169 Å². The van der Waals surface area contributed by atoms with Gasteiger partial charge < -0.3 is 5.11 Å². The van der Waals surface area contributed by atoms with Crippen LogP contribution in [0.4, 0.5) is 5.69 Å². The smallest absolute Gasteiger partial charge is 0.335 e. The number of aliphatic imine (C=N–C) groups is 1. The lowest BCUT2D eigenvalue weighted by Crippen LogP contribution is -2.30. The van der Waals surface area contributed by atoms with Crippen LogP contribution in [0.3, 0.4) is 0 Å². The monoisotopic (exact) mass is 487 g/mol. The zero-order valence-corrected chi connectivity index (χ0v) is 16.8. The molecular formula is C19H11Br2N3O3. The zero-order chi connectivity index (χ0) is 19.1.